The van der Waals surface area contributed by atoms with Crippen LogP contribution in [0.1, 0.15) is 24.0 Å². The Kier molecular flexibility index (Phi) is 7.59. The molecule has 9 nitrogen and oxygen atoms in total. The summed E-state index contributed by atoms with van der Waals surface area (Å²) in [5, 5.41) is 20.0. The minimum absolute atomic E-state index is 0.0950. The zero-order valence-corrected chi connectivity index (χ0v) is 23.1. The smallest absolute Gasteiger partial charge is 0.248 e. The third-order valence-corrected chi connectivity index (χ3v) is 8.02. The van der Waals surface area contributed by atoms with Crippen LogP contribution in [0.3, 0.4) is 0 Å². The molecule has 2 aliphatic rings. The number of nitriles is 1. The van der Waals surface area contributed by atoms with E-state index in [1.165, 1.54) is 11.3 Å². The molecule has 0 saturated carbocycles. The number of piperidine rings is 1. The molecule has 0 unspecified atom stereocenters. The van der Waals surface area contributed by atoms with Gasteiger partial charge < -0.3 is 29.4 Å². The van der Waals surface area contributed by atoms with Gasteiger partial charge in [-0.15, -0.1) is 0 Å². The maximum atomic E-state index is 11.7. The zero-order valence-electron chi connectivity index (χ0n) is 23.1. The number of aryl methyl sites for hydroxylation is 1. The Morgan fingerprint density at radius 3 is 2.66 bits per heavy atom. The van der Waals surface area contributed by atoms with Crippen molar-refractivity contribution in [1.82, 2.24) is 14.9 Å². The first-order valence-electron chi connectivity index (χ1n) is 14.1. The number of benzene rings is 2. The number of H-pyrrole nitrogens is 1. The highest BCUT2D eigenvalue weighted by molar-refractivity contribution is 5.96. The number of ether oxygens (including phenoxy) is 2. The standard InChI is InChI=1S/C32H33N5O4/c1-21-16-24(36-12-14-40-15-13-36)3-4-26(21)29-18-27-28(35-29)6-9-34-32(27)22-2-5-30(23(17-22)19-33)41-25-7-10-37(11-8-25)31(39)20-38/h2-6,9,16-18,25,35,38H,7-8,10-15,20H2,1H3. The molecule has 2 saturated heterocycles. The Labute approximate surface area is 238 Å². The molecule has 2 N–H and O–H groups in total. The van der Waals surface area contributed by atoms with Crippen LogP contribution < -0.4 is 9.64 Å². The van der Waals surface area contributed by atoms with Gasteiger partial charge in [0, 0.05) is 78.6 Å². The van der Waals surface area contributed by atoms with Gasteiger partial charge in [0.05, 0.1) is 24.5 Å². The summed E-state index contributed by atoms with van der Waals surface area (Å²) in [4.78, 5) is 24.0. The van der Waals surface area contributed by atoms with E-state index in [4.69, 9.17) is 14.6 Å². The molecule has 210 valence electrons. The van der Waals surface area contributed by atoms with E-state index in [0.717, 1.165) is 59.7 Å². The molecule has 4 heterocycles. The first-order chi connectivity index (χ1) is 20.0. The highest BCUT2D eigenvalue weighted by Crippen LogP contribution is 2.35. The fourth-order valence-corrected chi connectivity index (χ4v) is 5.77. The average molecular weight is 552 g/mol. The van der Waals surface area contributed by atoms with Gasteiger partial charge in [-0.1, -0.05) is 6.07 Å². The molecule has 2 aromatic heterocycles. The van der Waals surface area contributed by atoms with Crippen molar-refractivity contribution in [3.63, 3.8) is 0 Å². The Balaban J connectivity index is 1.24. The van der Waals surface area contributed by atoms with E-state index in [0.29, 0.717) is 37.2 Å². The number of aliphatic hydroxyl groups is 1. The second kappa shape index (κ2) is 11.6. The van der Waals surface area contributed by atoms with Crippen LogP contribution >= 0.6 is 0 Å². The number of carbonyl (C=O) groups is 1. The minimum atomic E-state index is -0.476. The number of pyridine rings is 1. The summed E-state index contributed by atoms with van der Waals surface area (Å²) in [6.07, 6.45) is 2.99. The lowest BCUT2D eigenvalue weighted by Gasteiger charge is -2.32. The van der Waals surface area contributed by atoms with Crippen molar-refractivity contribution in [2.45, 2.75) is 25.9 Å². The van der Waals surface area contributed by atoms with Crippen LogP contribution in [0.25, 0.3) is 33.4 Å². The van der Waals surface area contributed by atoms with Gasteiger partial charge in [0.15, 0.2) is 0 Å². The van der Waals surface area contributed by atoms with E-state index in [-0.39, 0.29) is 12.0 Å². The van der Waals surface area contributed by atoms with Crippen molar-refractivity contribution in [3.05, 3.63) is 65.9 Å². The Morgan fingerprint density at radius 1 is 1.12 bits per heavy atom. The van der Waals surface area contributed by atoms with Crippen LogP contribution in [0, 0.1) is 18.3 Å². The highest BCUT2D eigenvalue weighted by Gasteiger charge is 2.24. The fourth-order valence-electron chi connectivity index (χ4n) is 5.77. The summed E-state index contributed by atoms with van der Waals surface area (Å²) in [7, 11) is 0. The number of amides is 1. The lowest BCUT2D eigenvalue weighted by Crippen LogP contribution is -2.42. The molecule has 1 amide bonds. The Morgan fingerprint density at radius 2 is 1.93 bits per heavy atom. The number of nitrogens with one attached hydrogen (secondary N) is 1. The number of fused-ring (bicyclic) bond motifs is 1. The maximum Gasteiger partial charge on any atom is 0.248 e. The van der Waals surface area contributed by atoms with Crippen molar-refractivity contribution >= 4 is 22.5 Å². The largest absolute Gasteiger partial charge is 0.489 e. The van der Waals surface area contributed by atoms with E-state index in [2.05, 4.69) is 52.1 Å². The van der Waals surface area contributed by atoms with E-state index in [9.17, 15) is 10.1 Å². The summed E-state index contributed by atoms with van der Waals surface area (Å²) in [5.41, 5.74) is 7.62. The van der Waals surface area contributed by atoms with Gasteiger partial charge in [-0.25, -0.2) is 0 Å². The van der Waals surface area contributed by atoms with Gasteiger partial charge in [0.1, 0.15) is 24.5 Å². The summed E-state index contributed by atoms with van der Waals surface area (Å²) in [5.74, 6) is 0.265. The van der Waals surface area contributed by atoms with Gasteiger partial charge in [0.2, 0.25) is 5.91 Å². The zero-order chi connectivity index (χ0) is 28.3. The predicted octanol–water partition coefficient (Wildman–Crippen LogP) is 4.28. The summed E-state index contributed by atoms with van der Waals surface area (Å²) in [6.45, 7) is 6.03. The number of morpholine rings is 1. The van der Waals surface area contributed by atoms with Gasteiger partial charge >= 0.3 is 0 Å². The van der Waals surface area contributed by atoms with Gasteiger partial charge in [-0.2, -0.15) is 5.26 Å². The average Bonchev–Trinajstić information content (AvgIpc) is 3.46. The number of anilines is 1. The van der Waals surface area contributed by atoms with Crippen LogP contribution in [0.4, 0.5) is 5.69 Å². The van der Waals surface area contributed by atoms with Gasteiger partial charge in [-0.3, -0.25) is 9.78 Å². The summed E-state index contributed by atoms with van der Waals surface area (Å²) >= 11 is 0. The Bertz CT molecular complexity index is 1610. The number of rotatable bonds is 6. The molecule has 9 heteroatoms. The molecule has 0 radical (unpaired) electrons. The molecule has 0 aliphatic carbocycles. The van der Waals surface area contributed by atoms with Crippen LogP contribution in [0.5, 0.6) is 5.75 Å². The SMILES string of the molecule is Cc1cc(N2CCOCC2)ccc1-c1cc2c(-c3ccc(OC4CCN(C(=O)CO)CC4)c(C#N)c3)nccc2[nH]1. The molecule has 6 rings (SSSR count). The molecule has 4 aromatic rings. The number of nitrogens with zero attached hydrogens (tertiary/aromatic N) is 4. The molecule has 0 spiro atoms. The maximum absolute atomic E-state index is 11.7. The molecular weight excluding hydrogens is 518 g/mol. The van der Waals surface area contributed by atoms with Crippen molar-refractivity contribution in [3.8, 4) is 34.3 Å². The number of hydrogen-bond acceptors (Lipinski definition) is 7. The van der Waals surface area contributed by atoms with E-state index in [1.54, 1.807) is 11.1 Å². The molecule has 2 aliphatic heterocycles. The predicted molar refractivity (Wildman–Crippen MR) is 157 cm³/mol. The van der Waals surface area contributed by atoms with E-state index in [1.807, 2.05) is 24.3 Å². The van der Waals surface area contributed by atoms with Gasteiger partial charge in [0.25, 0.3) is 0 Å². The van der Waals surface area contributed by atoms with Crippen molar-refractivity contribution in [1.29, 1.82) is 5.26 Å². The number of aromatic amines is 1. The van der Waals surface area contributed by atoms with Crippen LogP contribution in [-0.4, -0.2) is 78.0 Å². The van der Waals surface area contributed by atoms with E-state index >= 15 is 0 Å². The van der Waals surface area contributed by atoms with Gasteiger partial charge in [-0.05, 0) is 55.0 Å². The molecule has 2 fully saturated rings. The number of hydrogen-bond donors (Lipinski definition) is 2. The second-order valence-electron chi connectivity index (χ2n) is 10.6. The first-order valence-corrected chi connectivity index (χ1v) is 14.1. The number of carbonyl (C=O) groups excluding carboxylic acids is 1. The second-order valence-corrected chi connectivity index (χ2v) is 10.6. The van der Waals surface area contributed by atoms with E-state index < -0.39 is 6.61 Å². The monoisotopic (exact) mass is 551 g/mol. The molecule has 2 aromatic carbocycles. The third-order valence-electron chi connectivity index (χ3n) is 8.02. The molecular formula is C32H33N5O4. The lowest BCUT2D eigenvalue weighted by molar-refractivity contribution is -0.135. The van der Waals surface area contributed by atoms with Crippen LogP contribution in [-0.2, 0) is 9.53 Å². The molecule has 0 atom stereocenters. The topological polar surface area (TPSA) is 115 Å². The molecule has 41 heavy (non-hydrogen) atoms. The molecule has 0 bridgehead atoms. The Hall–Kier alpha value is -4.39. The fraction of sp³-hybridized carbons (Fsp3) is 0.344. The van der Waals surface area contributed by atoms with Crippen LogP contribution in [0.2, 0.25) is 0 Å². The quantitative estimate of drug-likeness (QED) is 0.368. The number of likely N-dealkylation sites (tertiary alicyclic amines) is 1. The normalized spacial score (nSPS) is 16.1. The van der Waals surface area contributed by atoms with Crippen molar-refractivity contribution in [2.24, 2.45) is 0 Å². The first kappa shape index (κ1) is 26.8. The number of aliphatic hydroxyl groups excluding tert-OH is 1. The summed E-state index contributed by atoms with van der Waals surface area (Å²) < 4.78 is 11.7. The number of aromatic nitrogens is 2. The van der Waals surface area contributed by atoms with Crippen molar-refractivity contribution < 1.29 is 19.4 Å². The lowest BCUT2D eigenvalue weighted by atomic mass is 10.0. The third kappa shape index (κ3) is 5.49. The van der Waals surface area contributed by atoms with Crippen LogP contribution in [0.15, 0.2) is 54.7 Å². The summed E-state index contributed by atoms with van der Waals surface area (Å²) in [6, 6.07) is 18.6. The highest BCUT2D eigenvalue weighted by atomic mass is 16.5. The minimum Gasteiger partial charge on any atom is -0.489 e. The van der Waals surface area contributed by atoms with Crippen molar-refractivity contribution in [2.75, 3.05) is 50.9 Å².